The first-order valence-electron chi connectivity index (χ1n) is 7.07. The van der Waals surface area contributed by atoms with Crippen molar-refractivity contribution in [2.24, 2.45) is 0 Å². The molecular formula is C16H20N2O3. The van der Waals surface area contributed by atoms with Gasteiger partial charge in [0.15, 0.2) is 0 Å². The van der Waals surface area contributed by atoms with Gasteiger partial charge in [-0.2, -0.15) is 0 Å². The second kappa shape index (κ2) is 7.47. The Hall–Kier alpha value is -2.30. The van der Waals surface area contributed by atoms with E-state index >= 15 is 0 Å². The van der Waals surface area contributed by atoms with Gasteiger partial charge in [0.25, 0.3) is 0 Å². The van der Waals surface area contributed by atoms with Crippen LogP contribution in [0, 0.1) is 0 Å². The lowest BCUT2D eigenvalue weighted by atomic mass is 10.2. The van der Waals surface area contributed by atoms with Gasteiger partial charge in [0, 0.05) is 26.2 Å². The zero-order chi connectivity index (χ0) is 15.1. The highest BCUT2D eigenvalue weighted by atomic mass is 16.5. The molecule has 1 heterocycles. The number of amides is 2. The maximum absolute atomic E-state index is 12.1. The number of hydrogen-bond donors (Lipinski definition) is 0. The summed E-state index contributed by atoms with van der Waals surface area (Å²) in [5, 5.41) is 0. The predicted octanol–water partition coefficient (Wildman–Crippen LogP) is 1.31. The molecule has 1 aromatic carbocycles. The quantitative estimate of drug-likeness (QED) is 0.768. The van der Waals surface area contributed by atoms with Gasteiger partial charge in [-0.15, -0.1) is 0 Å². The van der Waals surface area contributed by atoms with Crippen LogP contribution in [0.1, 0.15) is 6.42 Å². The standard InChI is InChI=1S/C16H20N2O3/c1-2-15(19)17-9-11-18(12-10-17)16(20)8-13-21-14-6-4-3-5-7-14/h2-7H,1,8-13H2. The summed E-state index contributed by atoms with van der Waals surface area (Å²) >= 11 is 0. The first-order valence-corrected chi connectivity index (χ1v) is 7.07. The molecule has 5 heteroatoms. The Balaban J connectivity index is 1.70. The Labute approximate surface area is 124 Å². The van der Waals surface area contributed by atoms with Gasteiger partial charge in [-0.05, 0) is 18.2 Å². The average Bonchev–Trinajstić information content (AvgIpc) is 2.55. The molecule has 2 rings (SSSR count). The molecule has 0 unspecified atom stereocenters. The molecule has 112 valence electrons. The lowest BCUT2D eigenvalue weighted by Gasteiger charge is -2.34. The van der Waals surface area contributed by atoms with E-state index in [2.05, 4.69) is 6.58 Å². The Kier molecular flexibility index (Phi) is 5.37. The summed E-state index contributed by atoms with van der Waals surface area (Å²) in [6.45, 7) is 6.12. The molecule has 5 nitrogen and oxygen atoms in total. The molecule has 1 aliphatic rings. The van der Waals surface area contributed by atoms with Crippen molar-refractivity contribution in [1.29, 1.82) is 0 Å². The van der Waals surface area contributed by atoms with E-state index < -0.39 is 0 Å². The van der Waals surface area contributed by atoms with Crippen LogP contribution in [0.15, 0.2) is 43.0 Å². The summed E-state index contributed by atoms with van der Waals surface area (Å²) in [7, 11) is 0. The van der Waals surface area contributed by atoms with E-state index in [-0.39, 0.29) is 11.8 Å². The predicted molar refractivity (Wildman–Crippen MR) is 79.9 cm³/mol. The van der Waals surface area contributed by atoms with E-state index in [0.717, 1.165) is 5.75 Å². The van der Waals surface area contributed by atoms with E-state index in [4.69, 9.17) is 4.74 Å². The highest BCUT2D eigenvalue weighted by Gasteiger charge is 2.22. The van der Waals surface area contributed by atoms with Crippen molar-refractivity contribution in [1.82, 2.24) is 9.80 Å². The van der Waals surface area contributed by atoms with E-state index in [9.17, 15) is 9.59 Å². The molecule has 21 heavy (non-hydrogen) atoms. The van der Waals surface area contributed by atoms with Gasteiger partial charge >= 0.3 is 0 Å². The monoisotopic (exact) mass is 288 g/mol. The Morgan fingerprint density at radius 2 is 1.71 bits per heavy atom. The van der Waals surface area contributed by atoms with Gasteiger partial charge in [0.1, 0.15) is 5.75 Å². The van der Waals surface area contributed by atoms with Crippen LogP contribution in [0.3, 0.4) is 0 Å². The molecule has 1 saturated heterocycles. The van der Waals surface area contributed by atoms with E-state index in [0.29, 0.717) is 39.2 Å². The van der Waals surface area contributed by atoms with E-state index in [1.165, 1.54) is 6.08 Å². The first kappa shape index (κ1) is 15.1. The Morgan fingerprint density at radius 3 is 2.33 bits per heavy atom. The molecule has 0 N–H and O–H groups in total. The molecule has 0 aromatic heterocycles. The van der Waals surface area contributed by atoms with Crippen molar-refractivity contribution in [2.45, 2.75) is 6.42 Å². The molecule has 1 fully saturated rings. The lowest BCUT2D eigenvalue weighted by molar-refractivity contribution is -0.137. The van der Waals surface area contributed by atoms with Gasteiger partial charge in [-0.1, -0.05) is 24.8 Å². The number of benzene rings is 1. The fraction of sp³-hybridized carbons (Fsp3) is 0.375. The molecule has 0 spiro atoms. The third-order valence-corrected chi connectivity index (χ3v) is 3.45. The van der Waals surface area contributed by atoms with Gasteiger partial charge in [0.05, 0.1) is 13.0 Å². The molecular weight excluding hydrogens is 268 g/mol. The van der Waals surface area contributed by atoms with Crippen LogP contribution in [0.5, 0.6) is 5.75 Å². The summed E-state index contributed by atoms with van der Waals surface area (Å²) in [6, 6.07) is 9.44. The number of carbonyl (C=O) groups excluding carboxylic acids is 2. The number of rotatable bonds is 5. The van der Waals surface area contributed by atoms with Crippen molar-refractivity contribution < 1.29 is 14.3 Å². The van der Waals surface area contributed by atoms with Crippen LogP contribution in [-0.4, -0.2) is 54.4 Å². The second-order valence-electron chi connectivity index (χ2n) is 4.82. The van der Waals surface area contributed by atoms with Gasteiger partial charge in [-0.25, -0.2) is 0 Å². The normalized spacial score (nSPS) is 14.7. The molecule has 0 radical (unpaired) electrons. The third-order valence-electron chi connectivity index (χ3n) is 3.45. The summed E-state index contributed by atoms with van der Waals surface area (Å²) in [5.74, 6) is 0.762. The van der Waals surface area contributed by atoms with Crippen molar-refractivity contribution in [3.05, 3.63) is 43.0 Å². The van der Waals surface area contributed by atoms with Crippen molar-refractivity contribution in [3.8, 4) is 5.75 Å². The van der Waals surface area contributed by atoms with Crippen LogP contribution >= 0.6 is 0 Å². The summed E-state index contributed by atoms with van der Waals surface area (Å²) in [6.07, 6.45) is 1.66. The minimum atomic E-state index is -0.0745. The fourth-order valence-corrected chi connectivity index (χ4v) is 2.24. The van der Waals surface area contributed by atoms with Crippen molar-refractivity contribution in [3.63, 3.8) is 0 Å². The topological polar surface area (TPSA) is 49.9 Å². The van der Waals surface area contributed by atoms with E-state index in [1.807, 2.05) is 30.3 Å². The van der Waals surface area contributed by atoms with Crippen LogP contribution in [0.25, 0.3) is 0 Å². The maximum atomic E-state index is 12.1. The number of nitrogens with zero attached hydrogens (tertiary/aromatic N) is 2. The minimum absolute atomic E-state index is 0.0663. The molecule has 0 aliphatic carbocycles. The van der Waals surface area contributed by atoms with Crippen LogP contribution < -0.4 is 4.74 Å². The molecule has 2 amide bonds. The Bertz CT molecular complexity index is 494. The van der Waals surface area contributed by atoms with E-state index in [1.54, 1.807) is 9.80 Å². The summed E-state index contributed by atoms with van der Waals surface area (Å²) in [4.78, 5) is 27.0. The third kappa shape index (κ3) is 4.34. The number of carbonyl (C=O) groups is 2. The fourth-order valence-electron chi connectivity index (χ4n) is 2.24. The first-order chi connectivity index (χ1) is 10.2. The molecule has 1 aliphatic heterocycles. The highest BCUT2D eigenvalue weighted by Crippen LogP contribution is 2.09. The SMILES string of the molecule is C=CC(=O)N1CCN(C(=O)CCOc2ccccc2)CC1. The zero-order valence-corrected chi connectivity index (χ0v) is 12.0. The number of piperazine rings is 1. The number of hydrogen-bond acceptors (Lipinski definition) is 3. The zero-order valence-electron chi connectivity index (χ0n) is 12.0. The molecule has 0 saturated carbocycles. The maximum Gasteiger partial charge on any atom is 0.246 e. The average molecular weight is 288 g/mol. The second-order valence-corrected chi connectivity index (χ2v) is 4.82. The largest absolute Gasteiger partial charge is 0.493 e. The molecule has 1 aromatic rings. The molecule has 0 atom stereocenters. The van der Waals surface area contributed by atoms with Gasteiger partial charge in [-0.3, -0.25) is 9.59 Å². The van der Waals surface area contributed by atoms with Gasteiger partial charge in [0.2, 0.25) is 11.8 Å². The highest BCUT2D eigenvalue weighted by molar-refractivity contribution is 5.87. The minimum Gasteiger partial charge on any atom is -0.493 e. The van der Waals surface area contributed by atoms with Crippen molar-refractivity contribution >= 4 is 11.8 Å². The van der Waals surface area contributed by atoms with Crippen LogP contribution in [0.4, 0.5) is 0 Å². The van der Waals surface area contributed by atoms with Crippen LogP contribution in [-0.2, 0) is 9.59 Å². The summed E-state index contributed by atoms with van der Waals surface area (Å²) < 4.78 is 5.52. The summed E-state index contributed by atoms with van der Waals surface area (Å²) in [5.41, 5.74) is 0. The van der Waals surface area contributed by atoms with Crippen molar-refractivity contribution in [2.75, 3.05) is 32.8 Å². The number of ether oxygens (including phenoxy) is 1. The number of para-hydroxylation sites is 1. The Morgan fingerprint density at radius 1 is 1.10 bits per heavy atom. The smallest absolute Gasteiger partial charge is 0.246 e. The van der Waals surface area contributed by atoms with Crippen LogP contribution in [0.2, 0.25) is 0 Å². The lowest BCUT2D eigenvalue weighted by Crippen LogP contribution is -2.50. The van der Waals surface area contributed by atoms with Gasteiger partial charge < -0.3 is 14.5 Å². The molecule has 0 bridgehead atoms.